The molecule has 1 aliphatic heterocycles. The molecule has 0 radical (unpaired) electrons. The van der Waals surface area contributed by atoms with Crippen molar-refractivity contribution in [3.8, 4) is 5.75 Å². The Kier molecular flexibility index (Phi) is 7.28. The number of piperazine rings is 1. The van der Waals surface area contributed by atoms with Crippen molar-refractivity contribution in [2.75, 3.05) is 56.4 Å². The van der Waals surface area contributed by atoms with Gasteiger partial charge in [0, 0.05) is 39.1 Å². The zero-order valence-corrected chi connectivity index (χ0v) is 16.7. The standard InChI is InChI=1S/C18H29N3O4S/c1-4-19-12-14-20(15-13-19)18(22)10-11-21(26(3,23)24)16-8-6-7-9-17(16)25-5-2/h6-9H,4-5,10-15H2,1-3H3. The summed E-state index contributed by atoms with van der Waals surface area (Å²) in [5.74, 6) is 0.493. The Morgan fingerprint density at radius 3 is 2.38 bits per heavy atom. The number of carbonyl (C=O) groups excluding carboxylic acids is 1. The summed E-state index contributed by atoms with van der Waals surface area (Å²) < 4.78 is 31.4. The number of likely N-dealkylation sites (N-methyl/N-ethyl adjacent to an activating group) is 1. The number of para-hydroxylation sites is 2. The Labute approximate surface area is 156 Å². The van der Waals surface area contributed by atoms with Crippen molar-refractivity contribution in [2.45, 2.75) is 20.3 Å². The van der Waals surface area contributed by atoms with Crippen LogP contribution in [0.15, 0.2) is 24.3 Å². The predicted molar refractivity (Wildman–Crippen MR) is 103 cm³/mol. The Bertz CT molecular complexity index is 700. The zero-order chi connectivity index (χ0) is 19.2. The lowest BCUT2D eigenvalue weighted by Gasteiger charge is -2.34. The van der Waals surface area contributed by atoms with Crippen LogP contribution in [0.25, 0.3) is 0 Å². The number of carbonyl (C=O) groups is 1. The number of sulfonamides is 1. The minimum Gasteiger partial charge on any atom is -0.492 e. The van der Waals surface area contributed by atoms with Crippen LogP contribution in [0.5, 0.6) is 5.75 Å². The molecule has 1 aromatic rings. The molecule has 0 spiro atoms. The van der Waals surface area contributed by atoms with Crippen LogP contribution in [0.2, 0.25) is 0 Å². The zero-order valence-electron chi connectivity index (χ0n) is 15.8. The minimum absolute atomic E-state index is 0.0108. The largest absolute Gasteiger partial charge is 0.492 e. The van der Waals surface area contributed by atoms with E-state index in [4.69, 9.17) is 4.74 Å². The summed E-state index contributed by atoms with van der Waals surface area (Å²) in [5.41, 5.74) is 0.473. The maximum absolute atomic E-state index is 12.5. The monoisotopic (exact) mass is 383 g/mol. The van der Waals surface area contributed by atoms with Gasteiger partial charge in [0.2, 0.25) is 15.9 Å². The first-order valence-corrected chi connectivity index (χ1v) is 10.9. The average molecular weight is 384 g/mol. The summed E-state index contributed by atoms with van der Waals surface area (Å²) in [6.45, 7) is 8.61. The normalized spacial score (nSPS) is 15.7. The van der Waals surface area contributed by atoms with Crippen LogP contribution in [-0.2, 0) is 14.8 Å². The van der Waals surface area contributed by atoms with Crippen molar-refractivity contribution in [1.29, 1.82) is 0 Å². The van der Waals surface area contributed by atoms with Crippen molar-refractivity contribution >= 4 is 21.6 Å². The third kappa shape index (κ3) is 5.35. The van der Waals surface area contributed by atoms with E-state index < -0.39 is 10.0 Å². The lowest BCUT2D eigenvalue weighted by atomic mass is 10.2. The van der Waals surface area contributed by atoms with E-state index in [1.165, 1.54) is 4.31 Å². The molecule has 26 heavy (non-hydrogen) atoms. The number of benzene rings is 1. The SMILES string of the molecule is CCOc1ccccc1N(CCC(=O)N1CCN(CC)CC1)S(C)(=O)=O. The molecular formula is C18H29N3O4S. The van der Waals surface area contributed by atoms with E-state index >= 15 is 0 Å². The van der Waals surface area contributed by atoms with Crippen molar-refractivity contribution in [2.24, 2.45) is 0 Å². The second-order valence-corrected chi connectivity index (χ2v) is 8.21. The fourth-order valence-electron chi connectivity index (χ4n) is 3.07. The topological polar surface area (TPSA) is 70.2 Å². The van der Waals surface area contributed by atoms with Crippen LogP contribution in [-0.4, -0.2) is 76.3 Å². The first-order chi connectivity index (χ1) is 12.4. The first kappa shape index (κ1) is 20.5. The second kappa shape index (κ2) is 9.23. The summed E-state index contributed by atoms with van der Waals surface area (Å²) in [5, 5.41) is 0. The number of amides is 1. The molecule has 0 atom stereocenters. The summed E-state index contributed by atoms with van der Waals surface area (Å²) >= 11 is 0. The molecule has 0 bridgehead atoms. The van der Waals surface area contributed by atoms with Gasteiger partial charge in [-0.1, -0.05) is 19.1 Å². The lowest BCUT2D eigenvalue weighted by Crippen LogP contribution is -2.49. The average Bonchev–Trinajstić information content (AvgIpc) is 2.62. The van der Waals surface area contributed by atoms with Gasteiger partial charge in [-0.25, -0.2) is 8.42 Å². The van der Waals surface area contributed by atoms with Crippen LogP contribution in [0, 0.1) is 0 Å². The minimum atomic E-state index is -3.52. The van der Waals surface area contributed by atoms with Gasteiger partial charge in [0.25, 0.3) is 0 Å². The van der Waals surface area contributed by atoms with Crippen molar-refractivity contribution in [1.82, 2.24) is 9.80 Å². The molecule has 1 fully saturated rings. The van der Waals surface area contributed by atoms with Crippen LogP contribution in [0.1, 0.15) is 20.3 Å². The van der Waals surface area contributed by atoms with Crippen molar-refractivity contribution < 1.29 is 17.9 Å². The van der Waals surface area contributed by atoms with Gasteiger partial charge < -0.3 is 14.5 Å². The number of anilines is 1. The van der Waals surface area contributed by atoms with E-state index in [1.807, 2.05) is 11.8 Å². The molecule has 0 N–H and O–H groups in total. The molecule has 1 amide bonds. The van der Waals surface area contributed by atoms with Crippen LogP contribution in [0.4, 0.5) is 5.69 Å². The maximum Gasteiger partial charge on any atom is 0.232 e. The van der Waals surface area contributed by atoms with E-state index in [2.05, 4.69) is 11.8 Å². The molecule has 0 aliphatic carbocycles. The molecule has 146 valence electrons. The third-order valence-corrected chi connectivity index (χ3v) is 5.72. The number of hydrogen-bond acceptors (Lipinski definition) is 5. The molecule has 1 aliphatic rings. The number of nitrogens with zero attached hydrogens (tertiary/aromatic N) is 3. The summed E-state index contributed by atoms with van der Waals surface area (Å²) in [6, 6.07) is 7.01. The van der Waals surface area contributed by atoms with Gasteiger partial charge in [0.1, 0.15) is 5.75 Å². The van der Waals surface area contributed by atoms with E-state index in [1.54, 1.807) is 24.3 Å². The highest BCUT2D eigenvalue weighted by atomic mass is 32.2. The summed E-state index contributed by atoms with van der Waals surface area (Å²) in [4.78, 5) is 16.6. The van der Waals surface area contributed by atoms with E-state index in [0.29, 0.717) is 31.1 Å². The molecule has 8 heteroatoms. The summed E-state index contributed by atoms with van der Waals surface area (Å²) in [6.07, 6.45) is 1.31. The molecule has 0 aromatic heterocycles. The molecule has 0 saturated carbocycles. The van der Waals surface area contributed by atoms with Gasteiger partial charge >= 0.3 is 0 Å². The van der Waals surface area contributed by atoms with Crippen LogP contribution in [0.3, 0.4) is 0 Å². The molecule has 7 nitrogen and oxygen atoms in total. The Balaban J connectivity index is 2.07. The highest BCUT2D eigenvalue weighted by Gasteiger charge is 2.25. The van der Waals surface area contributed by atoms with E-state index in [0.717, 1.165) is 25.9 Å². The second-order valence-electron chi connectivity index (χ2n) is 6.30. The molecule has 1 aromatic carbocycles. The van der Waals surface area contributed by atoms with Gasteiger partial charge in [0.05, 0.1) is 18.6 Å². The fraction of sp³-hybridized carbons (Fsp3) is 0.611. The van der Waals surface area contributed by atoms with Gasteiger partial charge in [0.15, 0.2) is 0 Å². The first-order valence-electron chi connectivity index (χ1n) is 9.06. The third-order valence-electron chi connectivity index (χ3n) is 4.54. The number of ether oxygens (including phenoxy) is 1. The molecule has 0 unspecified atom stereocenters. The maximum atomic E-state index is 12.5. The van der Waals surface area contributed by atoms with Crippen molar-refractivity contribution in [3.63, 3.8) is 0 Å². The van der Waals surface area contributed by atoms with E-state index in [9.17, 15) is 13.2 Å². The van der Waals surface area contributed by atoms with Gasteiger partial charge in [-0.3, -0.25) is 9.10 Å². The highest BCUT2D eigenvalue weighted by Crippen LogP contribution is 2.30. The number of hydrogen-bond donors (Lipinski definition) is 0. The summed E-state index contributed by atoms with van der Waals surface area (Å²) in [7, 11) is -3.52. The van der Waals surface area contributed by atoms with Crippen LogP contribution >= 0.6 is 0 Å². The number of rotatable bonds is 8. The van der Waals surface area contributed by atoms with Gasteiger partial charge in [-0.15, -0.1) is 0 Å². The molecular weight excluding hydrogens is 354 g/mol. The quantitative estimate of drug-likeness (QED) is 0.679. The Morgan fingerprint density at radius 2 is 1.81 bits per heavy atom. The molecule has 1 saturated heterocycles. The Morgan fingerprint density at radius 1 is 1.15 bits per heavy atom. The van der Waals surface area contributed by atoms with E-state index in [-0.39, 0.29) is 18.9 Å². The highest BCUT2D eigenvalue weighted by molar-refractivity contribution is 7.92. The van der Waals surface area contributed by atoms with Gasteiger partial charge in [-0.2, -0.15) is 0 Å². The fourth-order valence-corrected chi connectivity index (χ4v) is 4.01. The van der Waals surface area contributed by atoms with Crippen LogP contribution < -0.4 is 9.04 Å². The smallest absolute Gasteiger partial charge is 0.232 e. The van der Waals surface area contributed by atoms with Gasteiger partial charge in [-0.05, 0) is 25.6 Å². The molecule has 1 heterocycles. The predicted octanol–water partition coefficient (Wildman–Crippen LogP) is 1.41. The Hall–Kier alpha value is -1.80. The lowest BCUT2D eigenvalue weighted by molar-refractivity contribution is -0.132. The van der Waals surface area contributed by atoms with Crippen molar-refractivity contribution in [3.05, 3.63) is 24.3 Å². The molecule has 2 rings (SSSR count).